The Morgan fingerprint density at radius 1 is 1.23 bits per heavy atom. The molecular weight excluding hydrogens is 318 g/mol. The molecule has 0 saturated carbocycles. The van der Waals surface area contributed by atoms with E-state index in [1.165, 1.54) is 11.8 Å². The van der Waals surface area contributed by atoms with E-state index in [1.807, 2.05) is 55.6 Å². The summed E-state index contributed by atoms with van der Waals surface area (Å²) in [7, 11) is 3.45. The molecule has 1 amide bonds. The number of amides is 1. The molecule has 0 atom stereocenters. The van der Waals surface area contributed by atoms with Gasteiger partial charge in [-0.25, -0.2) is 0 Å². The molecule has 2 aromatic rings. The number of thioether (sulfide) groups is 1. The van der Waals surface area contributed by atoms with Crippen molar-refractivity contribution >= 4 is 29.3 Å². The maximum absolute atomic E-state index is 12.2. The molecule has 22 heavy (non-hydrogen) atoms. The predicted molar refractivity (Wildman–Crippen MR) is 91.6 cm³/mol. The van der Waals surface area contributed by atoms with Crippen molar-refractivity contribution in [1.29, 1.82) is 0 Å². The maximum Gasteiger partial charge on any atom is 0.232 e. The van der Waals surface area contributed by atoms with Crippen LogP contribution in [-0.4, -0.2) is 30.7 Å². The van der Waals surface area contributed by atoms with Gasteiger partial charge in [-0.15, -0.1) is 11.8 Å². The molecule has 2 aromatic carbocycles. The first-order valence-electron chi connectivity index (χ1n) is 6.84. The molecule has 0 aliphatic rings. The maximum atomic E-state index is 12.2. The zero-order valence-corrected chi connectivity index (χ0v) is 14.2. The number of hydrogen-bond donors (Lipinski definition) is 0. The number of methoxy groups -OCH3 is 1. The minimum absolute atomic E-state index is 0.0859. The largest absolute Gasteiger partial charge is 0.497 e. The SMILES string of the molecule is COc1cccc(CN(C)C(=O)CSc2ccc(Cl)cc2)c1. The van der Waals surface area contributed by atoms with Gasteiger partial charge in [0.25, 0.3) is 0 Å². The number of halogens is 1. The average molecular weight is 336 g/mol. The van der Waals surface area contributed by atoms with Gasteiger partial charge in [-0.3, -0.25) is 4.79 Å². The summed E-state index contributed by atoms with van der Waals surface area (Å²) in [6, 6.07) is 15.2. The second-order valence-electron chi connectivity index (χ2n) is 4.84. The molecule has 0 spiro atoms. The number of hydrogen-bond acceptors (Lipinski definition) is 3. The Bertz CT molecular complexity index is 631. The Balaban J connectivity index is 1.87. The van der Waals surface area contributed by atoms with Crippen LogP contribution < -0.4 is 4.74 Å². The van der Waals surface area contributed by atoms with Gasteiger partial charge in [-0.1, -0.05) is 23.7 Å². The minimum Gasteiger partial charge on any atom is -0.497 e. The fourth-order valence-corrected chi connectivity index (χ4v) is 2.88. The van der Waals surface area contributed by atoms with E-state index in [0.717, 1.165) is 16.2 Å². The van der Waals surface area contributed by atoms with Crippen molar-refractivity contribution in [2.75, 3.05) is 19.9 Å². The highest BCUT2D eigenvalue weighted by molar-refractivity contribution is 8.00. The predicted octanol–water partition coefficient (Wildman–Crippen LogP) is 4.10. The highest BCUT2D eigenvalue weighted by atomic mass is 35.5. The normalized spacial score (nSPS) is 10.3. The molecule has 0 bridgehead atoms. The first-order chi connectivity index (χ1) is 10.6. The van der Waals surface area contributed by atoms with Gasteiger partial charge in [-0.05, 0) is 42.0 Å². The van der Waals surface area contributed by atoms with Gasteiger partial charge >= 0.3 is 0 Å². The summed E-state index contributed by atoms with van der Waals surface area (Å²) < 4.78 is 5.19. The lowest BCUT2D eigenvalue weighted by molar-refractivity contribution is -0.127. The lowest BCUT2D eigenvalue weighted by Gasteiger charge is -2.17. The molecule has 0 aliphatic heterocycles. The average Bonchev–Trinajstić information content (AvgIpc) is 2.54. The van der Waals surface area contributed by atoms with Crippen LogP contribution in [0.25, 0.3) is 0 Å². The van der Waals surface area contributed by atoms with Crippen LogP contribution in [0.5, 0.6) is 5.75 Å². The molecular formula is C17H18ClNO2S. The van der Waals surface area contributed by atoms with Crippen molar-refractivity contribution in [2.45, 2.75) is 11.4 Å². The number of carbonyl (C=O) groups excluding carboxylic acids is 1. The summed E-state index contributed by atoms with van der Waals surface area (Å²) in [6.07, 6.45) is 0. The van der Waals surface area contributed by atoms with Gasteiger partial charge in [0.1, 0.15) is 5.75 Å². The molecule has 0 aromatic heterocycles. The molecule has 5 heteroatoms. The van der Waals surface area contributed by atoms with Crippen LogP contribution in [0.2, 0.25) is 5.02 Å². The monoisotopic (exact) mass is 335 g/mol. The summed E-state index contributed by atoms with van der Waals surface area (Å²) in [6.45, 7) is 0.567. The fraction of sp³-hybridized carbons (Fsp3) is 0.235. The molecule has 2 rings (SSSR count). The van der Waals surface area contributed by atoms with Crippen molar-refractivity contribution in [3.05, 3.63) is 59.1 Å². The standard InChI is InChI=1S/C17H18ClNO2S/c1-19(11-13-4-3-5-15(10-13)21-2)17(20)12-22-16-8-6-14(18)7-9-16/h3-10H,11-12H2,1-2H3. The van der Waals surface area contributed by atoms with Crippen molar-refractivity contribution in [3.63, 3.8) is 0 Å². The van der Waals surface area contributed by atoms with Gasteiger partial charge in [0.2, 0.25) is 5.91 Å². The molecule has 0 heterocycles. The molecule has 3 nitrogen and oxygen atoms in total. The summed E-state index contributed by atoms with van der Waals surface area (Å²) in [5.41, 5.74) is 1.05. The van der Waals surface area contributed by atoms with Crippen molar-refractivity contribution < 1.29 is 9.53 Å². The molecule has 0 unspecified atom stereocenters. The highest BCUT2D eigenvalue weighted by Crippen LogP contribution is 2.21. The first-order valence-corrected chi connectivity index (χ1v) is 8.20. The van der Waals surface area contributed by atoms with Crippen LogP contribution in [0.3, 0.4) is 0 Å². The first kappa shape index (κ1) is 16.7. The number of ether oxygens (including phenoxy) is 1. The van der Waals surface area contributed by atoms with Crippen LogP contribution in [0, 0.1) is 0 Å². The quantitative estimate of drug-likeness (QED) is 0.744. The van der Waals surface area contributed by atoms with Crippen LogP contribution in [0.4, 0.5) is 0 Å². The van der Waals surface area contributed by atoms with Crippen LogP contribution in [-0.2, 0) is 11.3 Å². The van der Waals surface area contributed by atoms with Gasteiger partial charge in [0.15, 0.2) is 0 Å². The van der Waals surface area contributed by atoms with E-state index in [4.69, 9.17) is 16.3 Å². The zero-order valence-electron chi connectivity index (χ0n) is 12.6. The molecule has 0 aliphatic carbocycles. The third-order valence-electron chi connectivity index (χ3n) is 3.16. The van der Waals surface area contributed by atoms with Crippen molar-refractivity contribution in [1.82, 2.24) is 4.90 Å². The lowest BCUT2D eigenvalue weighted by Crippen LogP contribution is -2.27. The van der Waals surface area contributed by atoms with Gasteiger partial charge in [0.05, 0.1) is 12.9 Å². The Labute approximate surface area is 140 Å². The Kier molecular flexibility index (Phi) is 6.16. The van der Waals surface area contributed by atoms with E-state index in [-0.39, 0.29) is 5.91 Å². The van der Waals surface area contributed by atoms with Crippen LogP contribution in [0.1, 0.15) is 5.56 Å². The molecule has 116 valence electrons. The molecule has 0 fully saturated rings. The van der Waals surface area contributed by atoms with Crippen LogP contribution >= 0.6 is 23.4 Å². The van der Waals surface area contributed by atoms with E-state index in [2.05, 4.69) is 0 Å². The van der Waals surface area contributed by atoms with Crippen molar-refractivity contribution in [2.24, 2.45) is 0 Å². The number of benzene rings is 2. The van der Waals surface area contributed by atoms with E-state index >= 15 is 0 Å². The summed E-state index contributed by atoms with van der Waals surface area (Å²) in [5.74, 6) is 1.29. The minimum atomic E-state index is 0.0859. The zero-order chi connectivity index (χ0) is 15.9. The van der Waals surface area contributed by atoms with E-state index in [1.54, 1.807) is 12.0 Å². The van der Waals surface area contributed by atoms with E-state index in [9.17, 15) is 4.79 Å². The smallest absolute Gasteiger partial charge is 0.232 e. The number of carbonyl (C=O) groups is 1. The number of rotatable bonds is 6. The fourth-order valence-electron chi connectivity index (χ4n) is 1.92. The third kappa shape index (κ3) is 4.97. The highest BCUT2D eigenvalue weighted by Gasteiger charge is 2.10. The molecule has 0 N–H and O–H groups in total. The van der Waals surface area contributed by atoms with Crippen LogP contribution in [0.15, 0.2) is 53.4 Å². The Morgan fingerprint density at radius 3 is 2.64 bits per heavy atom. The summed E-state index contributed by atoms with van der Waals surface area (Å²) >= 11 is 7.35. The molecule has 0 saturated heterocycles. The number of nitrogens with zero attached hydrogens (tertiary/aromatic N) is 1. The Hall–Kier alpha value is -1.65. The molecule has 0 radical (unpaired) electrons. The lowest BCUT2D eigenvalue weighted by atomic mass is 10.2. The second-order valence-corrected chi connectivity index (χ2v) is 6.33. The van der Waals surface area contributed by atoms with Crippen molar-refractivity contribution in [3.8, 4) is 5.75 Å². The summed E-state index contributed by atoms with van der Waals surface area (Å²) in [5, 5.41) is 0.700. The second kappa shape index (κ2) is 8.11. The topological polar surface area (TPSA) is 29.5 Å². The third-order valence-corrected chi connectivity index (χ3v) is 4.40. The summed E-state index contributed by atoms with van der Waals surface area (Å²) in [4.78, 5) is 14.9. The van der Waals surface area contributed by atoms with Gasteiger partial charge in [0, 0.05) is 23.5 Å². The van der Waals surface area contributed by atoms with E-state index in [0.29, 0.717) is 17.3 Å². The van der Waals surface area contributed by atoms with Gasteiger partial charge < -0.3 is 9.64 Å². The Morgan fingerprint density at radius 2 is 1.95 bits per heavy atom. The van der Waals surface area contributed by atoms with Gasteiger partial charge in [-0.2, -0.15) is 0 Å². The van der Waals surface area contributed by atoms with E-state index < -0.39 is 0 Å².